The van der Waals surface area contributed by atoms with Gasteiger partial charge in [0.25, 0.3) is 0 Å². The van der Waals surface area contributed by atoms with E-state index in [9.17, 15) is 4.79 Å². The van der Waals surface area contributed by atoms with E-state index in [0.717, 1.165) is 41.9 Å². The van der Waals surface area contributed by atoms with Gasteiger partial charge in [0.05, 0.1) is 6.61 Å². The predicted octanol–water partition coefficient (Wildman–Crippen LogP) is 5.82. The summed E-state index contributed by atoms with van der Waals surface area (Å²) in [5, 5.41) is 9.38. The first-order valence-electron chi connectivity index (χ1n) is 11.4. The Labute approximate surface area is 196 Å². The average molecular weight is 444 g/mol. The number of allylic oxidation sites excluding steroid dienone is 1. The molecule has 1 amide bonds. The molecule has 0 spiro atoms. The molecule has 0 saturated carbocycles. The van der Waals surface area contributed by atoms with Crippen LogP contribution in [-0.4, -0.2) is 26.1 Å². The lowest BCUT2D eigenvalue weighted by Crippen LogP contribution is -2.28. The van der Waals surface area contributed by atoms with Crippen LogP contribution in [-0.2, 0) is 16.1 Å². The molecule has 0 heterocycles. The van der Waals surface area contributed by atoms with Crippen molar-refractivity contribution in [1.29, 1.82) is 0 Å². The van der Waals surface area contributed by atoms with Gasteiger partial charge in [-0.25, -0.2) is 0 Å². The van der Waals surface area contributed by atoms with Crippen LogP contribution in [0.25, 0.3) is 11.1 Å². The Balaban J connectivity index is 1.28. The zero-order chi connectivity index (χ0) is 23.3. The number of hydrogen-bond acceptors (Lipinski definition) is 4. The highest BCUT2D eigenvalue weighted by Gasteiger charge is 2.03. The van der Waals surface area contributed by atoms with Crippen LogP contribution in [0.3, 0.4) is 0 Å². The summed E-state index contributed by atoms with van der Waals surface area (Å²) >= 11 is 0. The van der Waals surface area contributed by atoms with Gasteiger partial charge in [-0.1, -0.05) is 61.2 Å². The lowest BCUT2D eigenvalue weighted by Gasteiger charge is -2.11. The molecular weight excluding hydrogens is 410 g/mol. The highest BCUT2D eigenvalue weighted by Crippen LogP contribution is 2.23. The van der Waals surface area contributed by atoms with E-state index in [0.29, 0.717) is 13.2 Å². The third-order valence-electron chi connectivity index (χ3n) is 5.26. The Kier molecular flexibility index (Phi) is 9.55. The Hall–Kier alpha value is -3.57. The highest BCUT2D eigenvalue weighted by atomic mass is 16.5. The molecule has 0 radical (unpaired) electrons. The Morgan fingerprint density at radius 1 is 0.879 bits per heavy atom. The van der Waals surface area contributed by atoms with Gasteiger partial charge in [0.2, 0.25) is 5.91 Å². The van der Waals surface area contributed by atoms with E-state index in [2.05, 4.69) is 46.8 Å². The van der Waals surface area contributed by atoms with E-state index in [4.69, 9.17) is 4.74 Å². The summed E-state index contributed by atoms with van der Waals surface area (Å²) in [6.45, 7) is 5.27. The first kappa shape index (κ1) is 24.1. The standard InChI is InChI=1S/C28H33N3O2/c1-22(31-27-13-8-12-25(19-27)24-10-4-3-5-11-24)9-6-7-18-30-28(32)21-33-20-23-14-16-26(29-2)17-15-23/h3-5,8,10-17,19,29,31H,1,6-7,9,18,20-21H2,2H3,(H,30,32). The van der Waals surface area contributed by atoms with Gasteiger partial charge >= 0.3 is 0 Å². The van der Waals surface area contributed by atoms with E-state index in [1.54, 1.807) is 0 Å². The molecule has 0 saturated heterocycles. The summed E-state index contributed by atoms with van der Waals surface area (Å²) in [5.41, 5.74) is 6.47. The summed E-state index contributed by atoms with van der Waals surface area (Å²) in [6, 6.07) is 26.6. The molecule has 5 nitrogen and oxygen atoms in total. The fourth-order valence-electron chi connectivity index (χ4n) is 3.45. The number of nitrogens with one attached hydrogen (secondary N) is 3. The van der Waals surface area contributed by atoms with E-state index in [1.165, 1.54) is 11.1 Å². The van der Waals surface area contributed by atoms with Crippen molar-refractivity contribution in [2.75, 3.05) is 30.8 Å². The molecule has 0 aliphatic heterocycles. The maximum Gasteiger partial charge on any atom is 0.246 e. The van der Waals surface area contributed by atoms with E-state index < -0.39 is 0 Å². The lowest BCUT2D eigenvalue weighted by atomic mass is 10.1. The molecule has 0 unspecified atom stereocenters. The predicted molar refractivity (Wildman–Crippen MR) is 137 cm³/mol. The molecule has 172 valence electrons. The van der Waals surface area contributed by atoms with Crippen LogP contribution >= 0.6 is 0 Å². The third-order valence-corrected chi connectivity index (χ3v) is 5.26. The maximum absolute atomic E-state index is 11.9. The first-order valence-corrected chi connectivity index (χ1v) is 11.4. The zero-order valence-corrected chi connectivity index (χ0v) is 19.3. The second kappa shape index (κ2) is 13.1. The lowest BCUT2D eigenvalue weighted by molar-refractivity contribution is -0.126. The number of unbranched alkanes of at least 4 members (excludes halogenated alkanes) is 1. The SMILES string of the molecule is C=C(CCCCNC(=O)COCc1ccc(NC)cc1)Nc1cccc(-c2ccccc2)c1. The fourth-order valence-corrected chi connectivity index (χ4v) is 3.45. The minimum Gasteiger partial charge on any atom is -0.388 e. The molecule has 0 aliphatic rings. The molecule has 3 N–H and O–H groups in total. The van der Waals surface area contributed by atoms with Crippen LogP contribution in [0.15, 0.2) is 91.1 Å². The number of benzene rings is 3. The molecule has 3 aromatic rings. The van der Waals surface area contributed by atoms with Gasteiger partial charge in [-0.3, -0.25) is 4.79 Å². The van der Waals surface area contributed by atoms with Crippen molar-refractivity contribution in [3.8, 4) is 11.1 Å². The smallest absolute Gasteiger partial charge is 0.246 e. The van der Waals surface area contributed by atoms with Gasteiger partial charge in [-0.2, -0.15) is 0 Å². The number of rotatable bonds is 13. The van der Waals surface area contributed by atoms with Crippen molar-refractivity contribution in [2.24, 2.45) is 0 Å². The summed E-state index contributed by atoms with van der Waals surface area (Å²) in [6.07, 6.45) is 2.69. The highest BCUT2D eigenvalue weighted by molar-refractivity contribution is 5.77. The van der Waals surface area contributed by atoms with Gasteiger partial charge in [0.1, 0.15) is 6.61 Å². The molecule has 0 aromatic heterocycles. The van der Waals surface area contributed by atoms with Gasteiger partial charge in [-0.15, -0.1) is 0 Å². The van der Waals surface area contributed by atoms with Crippen molar-refractivity contribution in [3.05, 3.63) is 96.7 Å². The zero-order valence-electron chi connectivity index (χ0n) is 19.3. The van der Waals surface area contributed by atoms with Gasteiger partial charge in [0, 0.05) is 30.7 Å². The van der Waals surface area contributed by atoms with E-state index >= 15 is 0 Å². The Morgan fingerprint density at radius 3 is 2.39 bits per heavy atom. The van der Waals surface area contributed by atoms with Crippen molar-refractivity contribution < 1.29 is 9.53 Å². The topological polar surface area (TPSA) is 62.4 Å². The minimum atomic E-state index is -0.0866. The van der Waals surface area contributed by atoms with Crippen LogP contribution in [0.5, 0.6) is 0 Å². The van der Waals surface area contributed by atoms with E-state index in [-0.39, 0.29) is 12.5 Å². The maximum atomic E-state index is 11.9. The molecule has 0 fully saturated rings. The summed E-state index contributed by atoms with van der Waals surface area (Å²) in [5.74, 6) is -0.0866. The number of carbonyl (C=O) groups excluding carboxylic acids is 1. The molecular formula is C28H33N3O2. The first-order chi connectivity index (χ1) is 16.1. The molecule has 0 aliphatic carbocycles. The normalized spacial score (nSPS) is 10.5. The Morgan fingerprint density at radius 2 is 1.64 bits per heavy atom. The van der Waals surface area contributed by atoms with Crippen molar-refractivity contribution in [2.45, 2.75) is 25.9 Å². The summed E-state index contributed by atoms with van der Waals surface area (Å²) < 4.78 is 5.50. The number of carbonyl (C=O) groups is 1. The minimum absolute atomic E-state index is 0.0692. The molecule has 3 rings (SSSR count). The van der Waals surface area contributed by atoms with Crippen LogP contribution in [0.4, 0.5) is 11.4 Å². The fraction of sp³-hybridized carbons (Fsp3) is 0.250. The van der Waals surface area contributed by atoms with Gasteiger partial charge in [-0.05, 0) is 60.2 Å². The van der Waals surface area contributed by atoms with Crippen LogP contribution < -0.4 is 16.0 Å². The molecule has 0 atom stereocenters. The second-order valence-corrected chi connectivity index (χ2v) is 7.92. The van der Waals surface area contributed by atoms with Crippen molar-refractivity contribution in [3.63, 3.8) is 0 Å². The van der Waals surface area contributed by atoms with Gasteiger partial charge in [0.15, 0.2) is 0 Å². The molecule has 33 heavy (non-hydrogen) atoms. The monoisotopic (exact) mass is 443 g/mol. The number of amides is 1. The number of ether oxygens (including phenoxy) is 1. The molecule has 0 bridgehead atoms. The number of anilines is 2. The van der Waals surface area contributed by atoms with Crippen LogP contribution in [0, 0.1) is 0 Å². The van der Waals surface area contributed by atoms with E-state index in [1.807, 2.05) is 61.6 Å². The van der Waals surface area contributed by atoms with Gasteiger partial charge < -0.3 is 20.7 Å². The third kappa shape index (κ3) is 8.47. The Bertz CT molecular complexity index is 1020. The average Bonchev–Trinajstić information content (AvgIpc) is 2.85. The van der Waals surface area contributed by atoms with Crippen molar-refractivity contribution in [1.82, 2.24) is 5.32 Å². The van der Waals surface area contributed by atoms with Crippen molar-refractivity contribution >= 4 is 17.3 Å². The summed E-state index contributed by atoms with van der Waals surface area (Å²) in [4.78, 5) is 11.9. The second-order valence-electron chi connectivity index (χ2n) is 7.92. The largest absolute Gasteiger partial charge is 0.388 e. The van der Waals surface area contributed by atoms with Crippen LogP contribution in [0.2, 0.25) is 0 Å². The number of hydrogen-bond donors (Lipinski definition) is 3. The van der Waals surface area contributed by atoms with Crippen LogP contribution in [0.1, 0.15) is 24.8 Å². The summed E-state index contributed by atoms with van der Waals surface area (Å²) in [7, 11) is 1.88. The molecule has 3 aromatic carbocycles. The molecule has 5 heteroatoms. The quantitative estimate of drug-likeness (QED) is 0.291.